The molecule has 8 nitrogen and oxygen atoms in total. The van der Waals surface area contributed by atoms with Gasteiger partial charge in [-0.1, -0.05) is 6.92 Å². The van der Waals surface area contributed by atoms with E-state index in [1.165, 1.54) is 23.4 Å². The van der Waals surface area contributed by atoms with Crippen LogP contribution in [-0.4, -0.2) is 37.1 Å². The van der Waals surface area contributed by atoms with Gasteiger partial charge < -0.3 is 14.6 Å². The van der Waals surface area contributed by atoms with E-state index in [1.54, 1.807) is 6.92 Å². The number of alkyl halides is 3. The number of urea groups is 1. The topological polar surface area (TPSA) is 97.0 Å². The number of likely N-dealkylation sites (tertiary alicyclic amines) is 1. The van der Waals surface area contributed by atoms with E-state index in [0.29, 0.717) is 36.6 Å². The Morgan fingerprint density at radius 2 is 1.94 bits per heavy atom. The number of benzene rings is 1. The van der Waals surface area contributed by atoms with Crippen LogP contribution in [0, 0.1) is 18.7 Å². The molecule has 3 aromatic rings. The number of piperidine rings is 1. The summed E-state index contributed by atoms with van der Waals surface area (Å²) in [7, 11) is 0. The molecule has 1 saturated heterocycles. The van der Waals surface area contributed by atoms with Gasteiger partial charge in [0.05, 0.1) is 11.3 Å². The normalized spacial score (nSPS) is 24.0. The number of nitrogens with zero attached hydrogens (tertiary/aromatic N) is 5. The van der Waals surface area contributed by atoms with E-state index in [2.05, 4.69) is 32.4 Å². The second kappa shape index (κ2) is 7.74. The third-order valence-corrected chi connectivity index (χ3v) is 6.36. The molecule has 1 saturated carbocycles. The van der Waals surface area contributed by atoms with E-state index in [1.807, 2.05) is 0 Å². The van der Waals surface area contributed by atoms with Crippen LogP contribution in [0.2, 0.25) is 0 Å². The van der Waals surface area contributed by atoms with Gasteiger partial charge in [0.2, 0.25) is 11.8 Å². The van der Waals surface area contributed by atoms with Crippen molar-refractivity contribution in [3.8, 4) is 11.4 Å². The summed E-state index contributed by atoms with van der Waals surface area (Å²) < 4.78 is 61.2. The first-order chi connectivity index (χ1) is 16.1. The zero-order chi connectivity index (χ0) is 24.3. The van der Waals surface area contributed by atoms with Crippen molar-refractivity contribution in [2.24, 2.45) is 5.92 Å². The zero-order valence-electron chi connectivity index (χ0n) is 18.2. The Morgan fingerprint density at radius 1 is 1.21 bits per heavy atom. The number of carbonyl (C=O) groups is 1. The molecule has 34 heavy (non-hydrogen) atoms. The van der Waals surface area contributed by atoms with E-state index in [-0.39, 0.29) is 11.9 Å². The van der Waals surface area contributed by atoms with Crippen LogP contribution in [0.3, 0.4) is 0 Å². The predicted octanol–water partition coefficient (Wildman–Crippen LogP) is 4.92. The first-order valence-electron chi connectivity index (χ1n) is 10.7. The second-order valence-corrected chi connectivity index (χ2v) is 8.81. The molecule has 0 radical (unpaired) electrons. The number of aromatic nitrogens is 4. The zero-order valence-corrected chi connectivity index (χ0v) is 18.2. The summed E-state index contributed by atoms with van der Waals surface area (Å²) in [5, 5.41) is 10.4. The van der Waals surface area contributed by atoms with Crippen LogP contribution < -0.4 is 5.32 Å². The molecular formula is C22H20F4N6O2. The summed E-state index contributed by atoms with van der Waals surface area (Å²) in [6, 6.07) is 1.92. The van der Waals surface area contributed by atoms with Crippen molar-refractivity contribution in [2.75, 3.05) is 5.32 Å². The lowest BCUT2D eigenvalue weighted by Crippen LogP contribution is -2.70. The van der Waals surface area contributed by atoms with Gasteiger partial charge in [0.1, 0.15) is 11.4 Å². The van der Waals surface area contributed by atoms with Crippen LogP contribution in [0.1, 0.15) is 43.5 Å². The molecule has 2 fully saturated rings. The fraction of sp³-hybridized carbons (Fsp3) is 0.409. The highest BCUT2D eigenvalue weighted by molar-refractivity contribution is 5.92. The quantitative estimate of drug-likeness (QED) is 0.539. The molecule has 5 rings (SSSR count). The van der Waals surface area contributed by atoms with Gasteiger partial charge in [0, 0.05) is 37.3 Å². The SMILES string of the molecule is Cc1nnc([C@]23C[C@@H](C)C[C@H](C2)N3C(=O)Nc2cc(-c3ncccn3)c(C(F)(F)F)cc2F)o1. The maximum absolute atomic E-state index is 14.8. The van der Waals surface area contributed by atoms with Gasteiger partial charge >= 0.3 is 12.2 Å². The van der Waals surface area contributed by atoms with Crippen LogP contribution in [0.15, 0.2) is 35.0 Å². The lowest BCUT2D eigenvalue weighted by molar-refractivity contribution is -0.137. The molecule has 1 aliphatic heterocycles. The molecule has 12 heteroatoms. The molecule has 2 aromatic heterocycles. The molecule has 3 heterocycles. The fourth-order valence-corrected chi connectivity index (χ4v) is 5.14. The number of nitrogens with one attached hydrogen (secondary N) is 1. The Labute approximate surface area is 191 Å². The van der Waals surface area contributed by atoms with Gasteiger partial charge in [-0.2, -0.15) is 13.2 Å². The Kier molecular flexibility index (Phi) is 5.06. The molecule has 1 aliphatic carbocycles. The van der Waals surface area contributed by atoms with E-state index < -0.39 is 40.4 Å². The number of fused-ring (bicyclic) bond motifs is 2. The Bertz CT molecular complexity index is 1250. The van der Waals surface area contributed by atoms with Gasteiger partial charge in [0.15, 0.2) is 5.82 Å². The average molecular weight is 476 g/mol. The Morgan fingerprint density at radius 3 is 2.59 bits per heavy atom. The smallest absolute Gasteiger partial charge is 0.417 e. The standard InChI is InChI=1S/C22H20F4N6O2/c1-11-6-13-10-21(9-11,19-31-30-12(2)34-19)32(13)20(33)29-17-7-14(18-27-4-3-5-28-18)15(8-16(17)23)22(24,25)26/h3-5,7-8,11,13H,6,9-10H2,1-2H3,(H,29,33)/t11-,13+,21-/m0/s1. The minimum atomic E-state index is -4.84. The van der Waals surface area contributed by atoms with Crippen molar-refractivity contribution in [3.05, 3.63) is 53.8 Å². The van der Waals surface area contributed by atoms with Crippen molar-refractivity contribution < 1.29 is 26.8 Å². The van der Waals surface area contributed by atoms with E-state index in [4.69, 9.17) is 4.42 Å². The van der Waals surface area contributed by atoms with E-state index >= 15 is 0 Å². The minimum Gasteiger partial charge on any atom is -0.423 e. The van der Waals surface area contributed by atoms with Crippen molar-refractivity contribution in [2.45, 2.75) is 50.9 Å². The van der Waals surface area contributed by atoms with Crippen LogP contribution in [0.25, 0.3) is 11.4 Å². The fourth-order valence-electron chi connectivity index (χ4n) is 5.14. The number of rotatable bonds is 3. The number of hydrogen-bond donors (Lipinski definition) is 1. The molecule has 1 aromatic carbocycles. The number of carbonyl (C=O) groups excluding carboxylic acids is 1. The average Bonchev–Trinajstić information content (AvgIpc) is 3.21. The Balaban J connectivity index is 1.50. The van der Waals surface area contributed by atoms with Gasteiger partial charge in [-0.05, 0) is 37.0 Å². The molecule has 2 bridgehead atoms. The molecule has 178 valence electrons. The predicted molar refractivity (Wildman–Crippen MR) is 111 cm³/mol. The molecule has 2 aliphatic rings. The Hall–Kier alpha value is -3.57. The van der Waals surface area contributed by atoms with Gasteiger partial charge in [0.25, 0.3) is 0 Å². The second-order valence-electron chi connectivity index (χ2n) is 8.81. The lowest BCUT2D eigenvalue weighted by Gasteiger charge is -2.61. The maximum atomic E-state index is 14.8. The summed E-state index contributed by atoms with van der Waals surface area (Å²) in [4.78, 5) is 22.5. The van der Waals surface area contributed by atoms with Crippen molar-refractivity contribution in [1.82, 2.24) is 25.1 Å². The molecular weight excluding hydrogens is 456 g/mol. The van der Waals surface area contributed by atoms with Gasteiger partial charge in [-0.15, -0.1) is 10.2 Å². The summed E-state index contributed by atoms with van der Waals surface area (Å²) in [6.45, 7) is 3.70. The number of aryl methyl sites for hydroxylation is 1. The molecule has 0 unspecified atom stereocenters. The maximum Gasteiger partial charge on any atom is 0.417 e. The number of amides is 2. The van der Waals surface area contributed by atoms with Gasteiger partial charge in [-0.3, -0.25) is 0 Å². The summed E-state index contributed by atoms with van der Waals surface area (Å²) >= 11 is 0. The van der Waals surface area contributed by atoms with Crippen LogP contribution in [0.5, 0.6) is 0 Å². The van der Waals surface area contributed by atoms with Crippen molar-refractivity contribution in [1.29, 1.82) is 0 Å². The highest BCUT2D eigenvalue weighted by Crippen LogP contribution is 2.55. The van der Waals surface area contributed by atoms with Crippen molar-refractivity contribution >= 4 is 11.7 Å². The largest absolute Gasteiger partial charge is 0.423 e. The lowest BCUT2D eigenvalue weighted by atomic mass is 9.64. The van der Waals surface area contributed by atoms with Crippen LogP contribution in [0.4, 0.5) is 28.0 Å². The molecule has 2 amide bonds. The minimum absolute atomic E-state index is 0.134. The first kappa shape index (κ1) is 22.2. The third-order valence-electron chi connectivity index (χ3n) is 6.36. The third kappa shape index (κ3) is 3.57. The van der Waals surface area contributed by atoms with E-state index in [0.717, 1.165) is 12.5 Å². The summed E-state index contributed by atoms with van der Waals surface area (Å²) in [5.74, 6) is -0.513. The molecule has 3 atom stereocenters. The summed E-state index contributed by atoms with van der Waals surface area (Å²) in [5.41, 5.74) is -2.91. The number of hydrogen-bond acceptors (Lipinski definition) is 6. The highest BCUT2D eigenvalue weighted by Gasteiger charge is 2.62. The first-order valence-corrected chi connectivity index (χ1v) is 10.7. The van der Waals surface area contributed by atoms with Crippen molar-refractivity contribution in [3.63, 3.8) is 0 Å². The molecule has 1 N–H and O–H groups in total. The number of halogens is 4. The molecule has 0 spiro atoms. The highest BCUT2D eigenvalue weighted by atomic mass is 19.4. The van der Waals surface area contributed by atoms with Crippen LogP contribution >= 0.6 is 0 Å². The van der Waals surface area contributed by atoms with Crippen LogP contribution in [-0.2, 0) is 11.7 Å². The van der Waals surface area contributed by atoms with E-state index in [9.17, 15) is 22.4 Å². The number of anilines is 1. The monoisotopic (exact) mass is 476 g/mol. The van der Waals surface area contributed by atoms with Gasteiger partial charge in [-0.25, -0.2) is 19.2 Å². The summed E-state index contributed by atoms with van der Waals surface area (Å²) in [6.07, 6.45) is -0.350.